The van der Waals surface area contributed by atoms with E-state index in [-0.39, 0.29) is 11.9 Å². The molecule has 1 aromatic carbocycles. The molecule has 0 radical (unpaired) electrons. The van der Waals surface area contributed by atoms with Crippen LogP contribution in [0.5, 0.6) is 0 Å². The lowest BCUT2D eigenvalue weighted by Crippen LogP contribution is -2.35. The molecule has 0 aliphatic heterocycles. The molecule has 2 N–H and O–H groups in total. The topological polar surface area (TPSA) is 84.2 Å². The summed E-state index contributed by atoms with van der Waals surface area (Å²) in [4.78, 5) is 26.1. The fourth-order valence-corrected chi connectivity index (χ4v) is 4.03. The van der Waals surface area contributed by atoms with Crippen LogP contribution in [0.25, 0.3) is 28.0 Å². The summed E-state index contributed by atoms with van der Waals surface area (Å²) in [7, 11) is 1.74. The maximum atomic E-state index is 12.5. The van der Waals surface area contributed by atoms with Crippen molar-refractivity contribution in [3.05, 3.63) is 102 Å². The van der Waals surface area contributed by atoms with Gasteiger partial charge in [-0.3, -0.25) is 14.2 Å². The first-order chi connectivity index (χ1) is 18.0. The molecule has 182 valence electrons. The molecule has 0 fully saturated rings. The fourth-order valence-electron chi connectivity index (χ4n) is 4.03. The molecule has 0 saturated carbocycles. The van der Waals surface area contributed by atoms with E-state index in [1.807, 2.05) is 84.4 Å². The van der Waals surface area contributed by atoms with Gasteiger partial charge in [0.25, 0.3) is 0 Å². The molecule has 1 unspecified atom stereocenters. The molecule has 7 nitrogen and oxygen atoms in total. The van der Waals surface area contributed by atoms with Crippen molar-refractivity contribution < 1.29 is 4.79 Å². The summed E-state index contributed by atoms with van der Waals surface area (Å²) in [5, 5.41) is 5.81. The second-order valence-corrected chi connectivity index (χ2v) is 8.64. The van der Waals surface area contributed by atoms with Gasteiger partial charge in [-0.2, -0.15) is 0 Å². The van der Waals surface area contributed by atoms with Gasteiger partial charge in [0.05, 0.1) is 17.4 Å². The SMILES string of the molecule is CNC(C)C(=O)Nc1ccc(-c2c(C)nc3ccccn23)c(C#Cc2ccc(-c3cccnc3)cc2)n1. The Balaban J connectivity index is 1.56. The molecule has 0 bridgehead atoms. The molecule has 1 atom stereocenters. The second kappa shape index (κ2) is 10.4. The molecule has 0 aliphatic carbocycles. The number of likely N-dealkylation sites (N-methyl/N-ethyl adjacent to an activating group) is 1. The van der Waals surface area contributed by atoms with Crippen LogP contribution in [0.1, 0.15) is 23.9 Å². The Morgan fingerprint density at radius 2 is 1.78 bits per heavy atom. The highest BCUT2D eigenvalue weighted by molar-refractivity contribution is 5.94. The Kier molecular flexibility index (Phi) is 6.75. The monoisotopic (exact) mass is 486 g/mol. The summed E-state index contributed by atoms with van der Waals surface area (Å²) in [6, 6.07) is 21.2. The summed E-state index contributed by atoms with van der Waals surface area (Å²) < 4.78 is 2.03. The standard InChI is InChI=1S/C30H26N6O/c1-20-29(36-18-5-4-8-28(36)33-20)25-14-16-27(35-30(37)21(2)31-3)34-26(25)15-11-22-9-12-23(13-10-22)24-7-6-17-32-19-24/h4-10,12-14,16-19,21,31H,1-3H3,(H,34,35,37). The largest absolute Gasteiger partial charge is 0.309 e. The molecule has 0 spiro atoms. The molecule has 1 amide bonds. The maximum absolute atomic E-state index is 12.5. The number of imidazole rings is 1. The van der Waals surface area contributed by atoms with E-state index in [1.165, 1.54) is 0 Å². The average Bonchev–Trinajstić information content (AvgIpc) is 3.27. The van der Waals surface area contributed by atoms with Crippen LogP contribution >= 0.6 is 0 Å². The van der Waals surface area contributed by atoms with E-state index >= 15 is 0 Å². The molecule has 37 heavy (non-hydrogen) atoms. The van der Waals surface area contributed by atoms with Gasteiger partial charge in [-0.15, -0.1) is 0 Å². The van der Waals surface area contributed by atoms with E-state index in [2.05, 4.69) is 27.5 Å². The predicted octanol–water partition coefficient (Wildman–Crippen LogP) is 4.71. The van der Waals surface area contributed by atoms with Crippen molar-refractivity contribution in [1.29, 1.82) is 0 Å². The van der Waals surface area contributed by atoms with Crippen molar-refractivity contribution in [1.82, 2.24) is 24.7 Å². The minimum atomic E-state index is -0.352. The predicted molar refractivity (Wildman–Crippen MR) is 146 cm³/mol. The highest BCUT2D eigenvalue weighted by Gasteiger charge is 2.17. The molecule has 0 saturated heterocycles. The number of aryl methyl sites for hydroxylation is 1. The van der Waals surface area contributed by atoms with Crippen molar-refractivity contribution in [2.75, 3.05) is 12.4 Å². The van der Waals surface area contributed by atoms with Crippen molar-refractivity contribution in [2.24, 2.45) is 0 Å². The zero-order chi connectivity index (χ0) is 25.8. The number of hydrogen-bond donors (Lipinski definition) is 2. The van der Waals surface area contributed by atoms with Crippen molar-refractivity contribution in [3.8, 4) is 34.2 Å². The highest BCUT2D eigenvalue weighted by atomic mass is 16.2. The normalized spacial score (nSPS) is 11.5. The number of carbonyl (C=O) groups excluding carboxylic acids is 1. The zero-order valence-corrected chi connectivity index (χ0v) is 20.9. The number of aromatic nitrogens is 4. The van der Waals surface area contributed by atoms with E-state index in [4.69, 9.17) is 9.97 Å². The Hall–Kier alpha value is -4.80. The molecular formula is C30H26N6O. The third kappa shape index (κ3) is 5.10. The van der Waals surface area contributed by atoms with Crippen molar-refractivity contribution >= 4 is 17.4 Å². The van der Waals surface area contributed by atoms with Crippen LogP contribution < -0.4 is 10.6 Å². The minimum Gasteiger partial charge on any atom is -0.309 e. The molecule has 0 aliphatic rings. The van der Waals surface area contributed by atoms with Gasteiger partial charge in [0.2, 0.25) is 5.91 Å². The third-order valence-corrected chi connectivity index (χ3v) is 6.14. The first kappa shape index (κ1) is 23.9. The summed E-state index contributed by atoms with van der Waals surface area (Å²) >= 11 is 0. The number of benzene rings is 1. The Labute approximate surface area is 215 Å². The molecule has 4 aromatic heterocycles. The smallest absolute Gasteiger partial charge is 0.242 e. The first-order valence-electron chi connectivity index (χ1n) is 12.0. The van der Waals surface area contributed by atoms with Crippen LogP contribution in [0, 0.1) is 18.8 Å². The maximum Gasteiger partial charge on any atom is 0.242 e. The van der Waals surface area contributed by atoms with Crippen molar-refractivity contribution in [2.45, 2.75) is 19.9 Å². The van der Waals surface area contributed by atoms with E-state index in [0.29, 0.717) is 11.5 Å². The van der Waals surface area contributed by atoms with Gasteiger partial charge in [-0.05, 0) is 80.4 Å². The molecule has 4 heterocycles. The van der Waals surface area contributed by atoms with Crippen LogP contribution in [-0.4, -0.2) is 38.3 Å². The van der Waals surface area contributed by atoms with Gasteiger partial charge >= 0.3 is 0 Å². The van der Waals surface area contributed by atoms with E-state index in [1.54, 1.807) is 26.2 Å². The number of pyridine rings is 3. The summed E-state index contributed by atoms with van der Waals surface area (Å²) in [6.45, 7) is 3.77. The number of carbonyl (C=O) groups is 1. The number of nitrogens with zero attached hydrogens (tertiary/aromatic N) is 4. The van der Waals surface area contributed by atoms with E-state index in [0.717, 1.165) is 39.3 Å². The van der Waals surface area contributed by atoms with Gasteiger partial charge in [0.15, 0.2) is 0 Å². The van der Waals surface area contributed by atoms with E-state index in [9.17, 15) is 4.79 Å². The Morgan fingerprint density at radius 1 is 0.946 bits per heavy atom. The lowest BCUT2D eigenvalue weighted by atomic mass is 10.1. The Bertz CT molecular complexity index is 1630. The molecule has 5 rings (SSSR count). The molecular weight excluding hydrogens is 460 g/mol. The van der Waals surface area contributed by atoms with Gasteiger partial charge in [0.1, 0.15) is 17.2 Å². The summed E-state index contributed by atoms with van der Waals surface area (Å²) in [5.41, 5.74) is 7.01. The van der Waals surface area contributed by atoms with Gasteiger partial charge in [-0.1, -0.05) is 30.2 Å². The number of fused-ring (bicyclic) bond motifs is 1. The fraction of sp³-hybridized carbons (Fsp3) is 0.133. The third-order valence-electron chi connectivity index (χ3n) is 6.14. The van der Waals surface area contributed by atoms with Crippen LogP contribution in [0.15, 0.2) is 85.3 Å². The van der Waals surface area contributed by atoms with Gasteiger partial charge in [0, 0.05) is 29.7 Å². The number of amides is 1. The minimum absolute atomic E-state index is 0.168. The number of hydrogen-bond acceptors (Lipinski definition) is 5. The van der Waals surface area contributed by atoms with Crippen LogP contribution in [-0.2, 0) is 4.79 Å². The lowest BCUT2D eigenvalue weighted by molar-refractivity contribution is -0.117. The number of nitrogens with one attached hydrogen (secondary N) is 2. The van der Waals surface area contributed by atoms with E-state index < -0.39 is 0 Å². The zero-order valence-electron chi connectivity index (χ0n) is 20.9. The second-order valence-electron chi connectivity index (χ2n) is 8.64. The highest BCUT2D eigenvalue weighted by Crippen LogP contribution is 2.28. The lowest BCUT2D eigenvalue weighted by Gasteiger charge is -2.12. The van der Waals surface area contributed by atoms with Gasteiger partial charge < -0.3 is 10.6 Å². The van der Waals surface area contributed by atoms with Crippen LogP contribution in [0.3, 0.4) is 0 Å². The quantitative estimate of drug-likeness (QED) is 0.352. The van der Waals surface area contributed by atoms with Crippen LogP contribution in [0.2, 0.25) is 0 Å². The number of rotatable bonds is 5. The molecule has 7 heteroatoms. The van der Waals surface area contributed by atoms with Gasteiger partial charge in [-0.25, -0.2) is 9.97 Å². The summed E-state index contributed by atoms with van der Waals surface area (Å²) in [5.74, 6) is 6.76. The van der Waals surface area contributed by atoms with Crippen molar-refractivity contribution in [3.63, 3.8) is 0 Å². The average molecular weight is 487 g/mol. The first-order valence-corrected chi connectivity index (χ1v) is 12.0. The van der Waals surface area contributed by atoms with Crippen LogP contribution in [0.4, 0.5) is 5.82 Å². The summed E-state index contributed by atoms with van der Waals surface area (Å²) in [6.07, 6.45) is 5.57. The number of anilines is 1. The molecule has 5 aromatic rings. The Morgan fingerprint density at radius 3 is 2.54 bits per heavy atom.